The molecule has 0 saturated carbocycles. The van der Waals surface area contributed by atoms with Crippen LogP contribution in [0.2, 0.25) is 0 Å². The number of benzene rings is 1. The Bertz CT molecular complexity index is 777. The third-order valence-corrected chi connectivity index (χ3v) is 5.80. The molecule has 1 aliphatic heterocycles. The summed E-state index contributed by atoms with van der Waals surface area (Å²) in [6.07, 6.45) is 11.6. The van der Waals surface area contributed by atoms with Crippen LogP contribution in [0.4, 0.5) is 0 Å². The molecule has 4 heteroatoms. The van der Waals surface area contributed by atoms with Gasteiger partial charge in [-0.05, 0) is 67.7 Å². The van der Waals surface area contributed by atoms with Crippen LogP contribution in [0, 0.1) is 12.8 Å². The molecule has 1 aromatic heterocycles. The standard InChI is InChI=1S/C21H27N3O/c1-15-12-17-4-2-3-5-18(17)13-16(15)8-9-23-21(25)19-6-7-20-22-10-11-24(20)14-19/h10-13,19H,2-9,14H2,1H3,(H,23,25). The molecule has 1 aliphatic carbocycles. The van der Waals surface area contributed by atoms with Crippen LogP contribution in [0.3, 0.4) is 0 Å². The highest BCUT2D eigenvalue weighted by atomic mass is 16.1. The number of aromatic nitrogens is 2. The van der Waals surface area contributed by atoms with E-state index in [0.717, 1.165) is 38.2 Å². The molecule has 4 rings (SSSR count). The van der Waals surface area contributed by atoms with Crippen molar-refractivity contribution in [2.75, 3.05) is 6.54 Å². The highest BCUT2D eigenvalue weighted by Gasteiger charge is 2.24. The fourth-order valence-electron chi connectivity index (χ4n) is 4.27. The average Bonchev–Trinajstić information content (AvgIpc) is 3.09. The molecular formula is C21H27N3O. The molecule has 0 radical (unpaired) electrons. The van der Waals surface area contributed by atoms with Crippen molar-refractivity contribution in [3.05, 3.63) is 52.6 Å². The van der Waals surface area contributed by atoms with Gasteiger partial charge in [0.15, 0.2) is 0 Å². The summed E-state index contributed by atoms with van der Waals surface area (Å²) < 4.78 is 2.11. The third kappa shape index (κ3) is 3.48. The first kappa shape index (κ1) is 16.4. The van der Waals surface area contributed by atoms with Gasteiger partial charge in [-0.2, -0.15) is 0 Å². The molecular weight excluding hydrogens is 310 g/mol. The molecule has 1 atom stereocenters. The monoisotopic (exact) mass is 337 g/mol. The van der Waals surface area contributed by atoms with Gasteiger partial charge in [0, 0.05) is 31.9 Å². The van der Waals surface area contributed by atoms with Gasteiger partial charge in [-0.25, -0.2) is 4.98 Å². The molecule has 1 unspecified atom stereocenters. The topological polar surface area (TPSA) is 46.9 Å². The number of carbonyl (C=O) groups excluding carboxylic acids is 1. The van der Waals surface area contributed by atoms with Gasteiger partial charge in [-0.1, -0.05) is 12.1 Å². The van der Waals surface area contributed by atoms with E-state index in [9.17, 15) is 4.79 Å². The predicted octanol–water partition coefficient (Wildman–Crippen LogP) is 2.99. The van der Waals surface area contributed by atoms with Gasteiger partial charge < -0.3 is 9.88 Å². The molecule has 1 amide bonds. The smallest absolute Gasteiger partial charge is 0.224 e. The second-order valence-corrected chi connectivity index (χ2v) is 7.53. The Morgan fingerprint density at radius 1 is 1.24 bits per heavy atom. The summed E-state index contributed by atoms with van der Waals surface area (Å²) in [5.41, 5.74) is 5.82. The summed E-state index contributed by atoms with van der Waals surface area (Å²) in [6, 6.07) is 4.75. The molecule has 4 nitrogen and oxygen atoms in total. The van der Waals surface area contributed by atoms with Crippen molar-refractivity contribution in [3.8, 4) is 0 Å². The number of rotatable bonds is 4. The number of carbonyl (C=O) groups is 1. The van der Waals surface area contributed by atoms with Gasteiger partial charge >= 0.3 is 0 Å². The zero-order valence-corrected chi connectivity index (χ0v) is 15.1. The number of hydrogen-bond donors (Lipinski definition) is 1. The number of amides is 1. The van der Waals surface area contributed by atoms with Crippen LogP contribution in [-0.2, 0) is 37.0 Å². The van der Waals surface area contributed by atoms with E-state index in [0.29, 0.717) is 0 Å². The van der Waals surface area contributed by atoms with Crippen molar-refractivity contribution in [2.24, 2.45) is 5.92 Å². The second kappa shape index (κ2) is 7.03. The van der Waals surface area contributed by atoms with E-state index in [1.807, 2.05) is 12.4 Å². The van der Waals surface area contributed by atoms with Gasteiger partial charge in [0.2, 0.25) is 5.91 Å². The number of nitrogens with zero attached hydrogens (tertiary/aromatic N) is 2. The number of nitrogens with one attached hydrogen (secondary N) is 1. The fourth-order valence-corrected chi connectivity index (χ4v) is 4.27. The summed E-state index contributed by atoms with van der Waals surface area (Å²) in [5, 5.41) is 3.16. The summed E-state index contributed by atoms with van der Waals surface area (Å²) in [7, 11) is 0. The maximum Gasteiger partial charge on any atom is 0.224 e. The fraction of sp³-hybridized carbons (Fsp3) is 0.524. The Labute approximate surface area is 149 Å². The van der Waals surface area contributed by atoms with E-state index < -0.39 is 0 Å². The molecule has 0 spiro atoms. The molecule has 132 valence electrons. The molecule has 0 saturated heterocycles. The lowest BCUT2D eigenvalue weighted by molar-refractivity contribution is -0.125. The maximum absolute atomic E-state index is 12.5. The van der Waals surface area contributed by atoms with Crippen molar-refractivity contribution in [2.45, 2.75) is 58.4 Å². The van der Waals surface area contributed by atoms with Crippen LogP contribution in [-0.4, -0.2) is 22.0 Å². The average molecular weight is 337 g/mol. The minimum atomic E-state index is 0.0753. The lowest BCUT2D eigenvalue weighted by Gasteiger charge is -2.23. The van der Waals surface area contributed by atoms with Crippen LogP contribution in [0.5, 0.6) is 0 Å². The lowest BCUT2D eigenvalue weighted by atomic mass is 9.88. The van der Waals surface area contributed by atoms with Gasteiger partial charge in [-0.3, -0.25) is 4.79 Å². The molecule has 1 N–H and O–H groups in total. The van der Waals surface area contributed by atoms with Crippen molar-refractivity contribution in [3.63, 3.8) is 0 Å². The number of imidazole rings is 1. The van der Waals surface area contributed by atoms with Crippen molar-refractivity contribution >= 4 is 5.91 Å². The quantitative estimate of drug-likeness (QED) is 0.932. The third-order valence-electron chi connectivity index (χ3n) is 5.80. The molecule has 2 aromatic rings. The number of fused-ring (bicyclic) bond motifs is 2. The van der Waals surface area contributed by atoms with E-state index >= 15 is 0 Å². The highest BCUT2D eigenvalue weighted by molar-refractivity contribution is 5.78. The zero-order valence-electron chi connectivity index (χ0n) is 15.1. The first-order chi connectivity index (χ1) is 12.2. The minimum absolute atomic E-state index is 0.0753. The molecule has 0 fully saturated rings. The highest BCUT2D eigenvalue weighted by Crippen LogP contribution is 2.25. The van der Waals surface area contributed by atoms with E-state index in [1.165, 1.54) is 47.9 Å². The number of hydrogen-bond acceptors (Lipinski definition) is 2. The summed E-state index contributed by atoms with van der Waals surface area (Å²) in [6.45, 7) is 3.69. The van der Waals surface area contributed by atoms with Gasteiger partial charge in [0.1, 0.15) is 5.82 Å². The van der Waals surface area contributed by atoms with E-state index in [-0.39, 0.29) is 11.8 Å². The van der Waals surface area contributed by atoms with Gasteiger partial charge in [0.25, 0.3) is 0 Å². The Morgan fingerprint density at radius 3 is 2.88 bits per heavy atom. The SMILES string of the molecule is Cc1cc2c(cc1CCNC(=O)C1CCc3nccn3C1)CCCC2. The van der Waals surface area contributed by atoms with E-state index in [2.05, 4.69) is 33.9 Å². The van der Waals surface area contributed by atoms with Crippen LogP contribution in [0.25, 0.3) is 0 Å². The molecule has 0 bridgehead atoms. The Hall–Kier alpha value is -2.10. The van der Waals surface area contributed by atoms with Crippen molar-refractivity contribution < 1.29 is 4.79 Å². The van der Waals surface area contributed by atoms with Crippen LogP contribution in [0.1, 0.15) is 47.3 Å². The van der Waals surface area contributed by atoms with Crippen molar-refractivity contribution in [1.82, 2.24) is 14.9 Å². The Kier molecular flexibility index (Phi) is 4.60. The Morgan fingerprint density at radius 2 is 2.04 bits per heavy atom. The minimum Gasteiger partial charge on any atom is -0.355 e. The van der Waals surface area contributed by atoms with Crippen LogP contribution >= 0.6 is 0 Å². The second-order valence-electron chi connectivity index (χ2n) is 7.53. The largest absolute Gasteiger partial charge is 0.355 e. The van der Waals surface area contributed by atoms with E-state index in [1.54, 1.807) is 0 Å². The van der Waals surface area contributed by atoms with Crippen molar-refractivity contribution in [1.29, 1.82) is 0 Å². The molecule has 2 heterocycles. The summed E-state index contributed by atoms with van der Waals surface area (Å²) in [5.74, 6) is 1.37. The summed E-state index contributed by atoms with van der Waals surface area (Å²) >= 11 is 0. The normalized spacial score (nSPS) is 19.2. The van der Waals surface area contributed by atoms with Gasteiger partial charge in [0.05, 0.1) is 5.92 Å². The zero-order chi connectivity index (χ0) is 17.2. The van der Waals surface area contributed by atoms with Crippen LogP contribution in [0.15, 0.2) is 24.5 Å². The predicted molar refractivity (Wildman–Crippen MR) is 98.6 cm³/mol. The summed E-state index contributed by atoms with van der Waals surface area (Å²) in [4.78, 5) is 16.8. The van der Waals surface area contributed by atoms with Crippen LogP contribution < -0.4 is 5.32 Å². The van der Waals surface area contributed by atoms with E-state index in [4.69, 9.17) is 0 Å². The molecule has 2 aliphatic rings. The molecule has 1 aromatic carbocycles. The molecule has 25 heavy (non-hydrogen) atoms. The maximum atomic E-state index is 12.5. The lowest BCUT2D eigenvalue weighted by Crippen LogP contribution is -2.37. The first-order valence-electron chi connectivity index (χ1n) is 9.59. The number of aryl methyl sites for hydroxylation is 4. The Balaban J connectivity index is 1.33. The first-order valence-corrected chi connectivity index (χ1v) is 9.59. The van der Waals surface area contributed by atoms with Gasteiger partial charge in [-0.15, -0.1) is 0 Å².